The van der Waals surface area contributed by atoms with Crippen LogP contribution < -0.4 is 11.3 Å². The second-order valence-corrected chi connectivity index (χ2v) is 11.7. The quantitative estimate of drug-likeness (QED) is 0.242. The molecule has 3 unspecified atom stereocenters. The Hall–Kier alpha value is -2.99. The van der Waals surface area contributed by atoms with E-state index in [0.717, 1.165) is 0 Å². The average Bonchev–Trinajstić information content (AvgIpc) is 3.30. The number of H-pyrrole nitrogens is 1. The predicted octanol–water partition coefficient (Wildman–Crippen LogP) is 1.87. The highest BCUT2D eigenvalue weighted by Gasteiger charge is 2.53. The number of nitrogens with one attached hydrogen (secondary N) is 1. The second-order valence-electron chi connectivity index (χ2n) is 10.3. The molecule has 16 heteroatoms. The van der Waals surface area contributed by atoms with Crippen molar-refractivity contribution in [2.45, 2.75) is 77.3 Å². The first-order chi connectivity index (χ1) is 17.5. The molecule has 38 heavy (non-hydrogen) atoms. The molecule has 0 aliphatic carbocycles. The first-order valence-corrected chi connectivity index (χ1v) is 13.0. The smallest absolute Gasteiger partial charge is 0.423 e. The van der Waals surface area contributed by atoms with Crippen LogP contribution in [0.3, 0.4) is 0 Å². The highest BCUT2D eigenvalue weighted by molar-refractivity contribution is 7.47. The van der Waals surface area contributed by atoms with Gasteiger partial charge in [0, 0.05) is 0 Å². The molecule has 4 N–H and O–H groups in total. The minimum atomic E-state index is -4.75. The average molecular weight is 557 g/mol. The Labute approximate surface area is 218 Å². The monoisotopic (exact) mass is 557 g/mol. The minimum Gasteiger partial charge on any atom is -0.423 e. The summed E-state index contributed by atoms with van der Waals surface area (Å²) in [6, 6.07) is 0. The van der Waals surface area contributed by atoms with Crippen LogP contribution in [0.15, 0.2) is 11.1 Å². The van der Waals surface area contributed by atoms with Gasteiger partial charge in [0.2, 0.25) is 5.95 Å². The summed E-state index contributed by atoms with van der Waals surface area (Å²) in [5, 5.41) is 0. The zero-order valence-electron chi connectivity index (χ0n) is 21.9. The normalized spacial score (nSPS) is 23.6. The number of phosphoric ester groups is 1. The van der Waals surface area contributed by atoms with Crippen molar-refractivity contribution >= 4 is 31.1 Å². The van der Waals surface area contributed by atoms with Gasteiger partial charge in [0.05, 0.1) is 24.1 Å². The molecule has 2 aromatic rings. The van der Waals surface area contributed by atoms with E-state index >= 15 is 0 Å². The summed E-state index contributed by atoms with van der Waals surface area (Å²) in [5.41, 5.74) is 3.31. The van der Waals surface area contributed by atoms with Crippen LogP contribution in [-0.4, -0.2) is 73.3 Å². The summed E-state index contributed by atoms with van der Waals surface area (Å²) in [4.78, 5) is 45.8. The first kappa shape index (κ1) is 29.6. The standard InChI is InChI=1S/C22H32N5O10P/c1-8-9-32-20(29)35-15-14(36-38(30,31)37-22(5,6)7)12(10-33-21(2,3)4)34-18(15)27-11-24-13-16(27)25-19(23)26-17(13)28/h1,11-12,14-15,18H,9-10H2,2-7H3,(H,30,31)(H3,23,25,26,28)/t12-,14?,15?,18-/m1/s1. The number of anilines is 1. The third-order valence-electron chi connectivity index (χ3n) is 4.84. The number of aromatic amines is 1. The summed E-state index contributed by atoms with van der Waals surface area (Å²) < 4.78 is 47.2. The van der Waals surface area contributed by atoms with E-state index in [-0.39, 0.29) is 23.7 Å². The lowest BCUT2D eigenvalue weighted by atomic mass is 10.1. The minimum absolute atomic E-state index is 0.00361. The van der Waals surface area contributed by atoms with Gasteiger partial charge in [0.1, 0.15) is 12.2 Å². The van der Waals surface area contributed by atoms with E-state index in [9.17, 15) is 19.0 Å². The van der Waals surface area contributed by atoms with Gasteiger partial charge in [0.15, 0.2) is 30.1 Å². The van der Waals surface area contributed by atoms with Crippen molar-refractivity contribution in [3.63, 3.8) is 0 Å². The van der Waals surface area contributed by atoms with Gasteiger partial charge in [-0.3, -0.25) is 23.4 Å². The number of ether oxygens (including phenoxy) is 4. The third-order valence-corrected chi connectivity index (χ3v) is 6.13. The fourth-order valence-electron chi connectivity index (χ4n) is 3.55. The largest absolute Gasteiger partial charge is 0.509 e. The zero-order valence-corrected chi connectivity index (χ0v) is 22.8. The number of rotatable bonds is 8. The number of aromatic nitrogens is 4. The fraction of sp³-hybridized carbons (Fsp3) is 0.636. The molecular formula is C22H32N5O10P. The zero-order chi connectivity index (χ0) is 28.5. The summed E-state index contributed by atoms with van der Waals surface area (Å²) in [6.45, 7) is 9.51. The Balaban J connectivity index is 2.08. The van der Waals surface area contributed by atoms with Crippen molar-refractivity contribution < 1.29 is 42.2 Å². The molecule has 5 atom stereocenters. The number of hydrogen-bond acceptors (Lipinski definition) is 12. The van der Waals surface area contributed by atoms with E-state index < -0.39 is 61.9 Å². The van der Waals surface area contributed by atoms with Crippen molar-refractivity contribution in [1.82, 2.24) is 19.5 Å². The van der Waals surface area contributed by atoms with Gasteiger partial charge in [-0.25, -0.2) is 14.3 Å². The lowest BCUT2D eigenvalue weighted by molar-refractivity contribution is -0.0999. The number of nitrogen functional groups attached to an aromatic ring is 1. The summed E-state index contributed by atoms with van der Waals surface area (Å²) in [6.07, 6.45) is -0.0570. The molecule has 210 valence electrons. The van der Waals surface area contributed by atoms with E-state index in [1.807, 2.05) is 0 Å². The molecule has 0 saturated carbocycles. The Morgan fingerprint density at radius 1 is 1.29 bits per heavy atom. The molecule has 2 aromatic heterocycles. The van der Waals surface area contributed by atoms with Crippen molar-refractivity contribution in [3.8, 4) is 12.3 Å². The molecule has 0 bridgehead atoms. The number of terminal acetylenes is 1. The third kappa shape index (κ3) is 7.53. The van der Waals surface area contributed by atoms with Crippen molar-refractivity contribution in [1.29, 1.82) is 0 Å². The van der Waals surface area contributed by atoms with Crippen LogP contribution in [0.2, 0.25) is 0 Å². The molecule has 1 aliphatic rings. The number of phosphoric acid groups is 1. The van der Waals surface area contributed by atoms with Crippen LogP contribution >= 0.6 is 7.82 Å². The maximum Gasteiger partial charge on any atom is 0.509 e. The van der Waals surface area contributed by atoms with Gasteiger partial charge >= 0.3 is 14.0 Å². The highest BCUT2D eigenvalue weighted by Crippen LogP contribution is 2.52. The van der Waals surface area contributed by atoms with E-state index in [4.69, 9.17) is 40.2 Å². The van der Waals surface area contributed by atoms with E-state index in [0.29, 0.717) is 0 Å². The molecule has 1 saturated heterocycles. The summed E-state index contributed by atoms with van der Waals surface area (Å²) >= 11 is 0. The SMILES string of the molecule is C#CCOC(=O)OC1C(OP(=O)(O)OC(C)(C)C)[C@@H](COC(C)(C)C)O[C@H]1n1cnc2c(=O)[nH]c(N)nc21. The summed E-state index contributed by atoms with van der Waals surface area (Å²) in [5.74, 6) is 1.93. The second kappa shape index (κ2) is 11.0. The molecular weight excluding hydrogens is 525 g/mol. The number of nitrogens with zero attached hydrogens (tertiary/aromatic N) is 3. The van der Waals surface area contributed by atoms with Crippen LogP contribution in [0.4, 0.5) is 10.7 Å². The predicted molar refractivity (Wildman–Crippen MR) is 133 cm³/mol. The maximum atomic E-state index is 13.0. The van der Waals surface area contributed by atoms with E-state index in [2.05, 4.69) is 20.9 Å². The molecule has 15 nitrogen and oxygen atoms in total. The van der Waals surface area contributed by atoms with Crippen LogP contribution in [0.1, 0.15) is 47.8 Å². The maximum absolute atomic E-state index is 13.0. The van der Waals surface area contributed by atoms with Crippen molar-refractivity contribution in [2.75, 3.05) is 18.9 Å². The number of carbonyl (C=O) groups is 1. The number of hydrogen-bond donors (Lipinski definition) is 3. The highest BCUT2D eigenvalue weighted by atomic mass is 31.2. The Kier molecular flexibility index (Phi) is 8.57. The molecule has 0 amide bonds. The van der Waals surface area contributed by atoms with Gasteiger partial charge in [-0.05, 0) is 41.5 Å². The molecule has 0 spiro atoms. The molecule has 3 rings (SSSR count). The molecule has 0 radical (unpaired) electrons. The van der Waals surface area contributed by atoms with E-state index in [1.165, 1.54) is 10.9 Å². The van der Waals surface area contributed by atoms with Crippen molar-refractivity contribution in [3.05, 3.63) is 16.7 Å². The fourth-order valence-corrected chi connectivity index (χ4v) is 4.85. The first-order valence-electron chi connectivity index (χ1n) is 11.5. The molecule has 1 fully saturated rings. The molecule has 3 heterocycles. The Morgan fingerprint density at radius 2 is 1.97 bits per heavy atom. The molecule has 1 aliphatic heterocycles. The summed E-state index contributed by atoms with van der Waals surface area (Å²) in [7, 11) is -4.75. The van der Waals surface area contributed by atoms with Crippen LogP contribution in [-0.2, 0) is 32.6 Å². The van der Waals surface area contributed by atoms with Gasteiger partial charge in [-0.1, -0.05) is 5.92 Å². The lowest BCUT2D eigenvalue weighted by Gasteiger charge is -2.29. The number of imidazole rings is 1. The van der Waals surface area contributed by atoms with Gasteiger partial charge in [-0.2, -0.15) is 4.98 Å². The van der Waals surface area contributed by atoms with E-state index in [1.54, 1.807) is 41.5 Å². The van der Waals surface area contributed by atoms with Crippen molar-refractivity contribution in [2.24, 2.45) is 0 Å². The topological polar surface area (TPSA) is 199 Å². The Bertz CT molecular complexity index is 1300. The number of fused-ring (bicyclic) bond motifs is 1. The molecule has 0 aromatic carbocycles. The number of carbonyl (C=O) groups excluding carboxylic acids is 1. The number of nitrogens with two attached hydrogens (primary N) is 1. The van der Waals surface area contributed by atoms with Gasteiger partial charge in [-0.15, -0.1) is 6.42 Å². The Morgan fingerprint density at radius 3 is 2.58 bits per heavy atom. The van der Waals surface area contributed by atoms with Gasteiger partial charge < -0.3 is 29.6 Å². The van der Waals surface area contributed by atoms with Crippen LogP contribution in [0, 0.1) is 12.3 Å². The lowest BCUT2D eigenvalue weighted by Crippen LogP contribution is -2.40. The van der Waals surface area contributed by atoms with Gasteiger partial charge in [0.25, 0.3) is 5.56 Å². The van der Waals surface area contributed by atoms with Crippen LogP contribution in [0.5, 0.6) is 0 Å². The van der Waals surface area contributed by atoms with Crippen LogP contribution in [0.25, 0.3) is 11.2 Å².